The molecule has 0 aliphatic carbocycles. The van der Waals surface area contributed by atoms with Crippen molar-refractivity contribution in [3.63, 3.8) is 0 Å². The van der Waals surface area contributed by atoms with Crippen LogP contribution < -0.4 is 10.6 Å². The fraction of sp³-hybridized carbons (Fsp3) is 0.647. The van der Waals surface area contributed by atoms with Gasteiger partial charge >= 0.3 is 0 Å². The monoisotopic (exact) mass is 296 g/mol. The van der Waals surface area contributed by atoms with Gasteiger partial charge < -0.3 is 10.6 Å². The molecule has 3 heteroatoms. The number of rotatable bonds is 8. The van der Waals surface area contributed by atoms with Crippen LogP contribution in [0.2, 0.25) is 5.02 Å². The SMILES string of the molecule is CCC(C)CN(CC)c1c(Cl)cccc1CC(N)CC. The average molecular weight is 297 g/mol. The van der Waals surface area contributed by atoms with E-state index in [1.165, 1.54) is 17.7 Å². The Kier molecular flexibility index (Phi) is 7.39. The first-order valence-electron chi connectivity index (χ1n) is 7.81. The first kappa shape index (κ1) is 17.3. The van der Waals surface area contributed by atoms with Crippen molar-refractivity contribution in [1.82, 2.24) is 0 Å². The summed E-state index contributed by atoms with van der Waals surface area (Å²) in [6.45, 7) is 10.9. The van der Waals surface area contributed by atoms with Crippen LogP contribution in [0.25, 0.3) is 0 Å². The number of para-hydroxylation sites is 1. The average Bonchev–Trinajstić information content (AvgIpc) is 2.45. The second kappa shape index (κ2) is 8.53. The number of benzene rings is 1. The van der Waals surface area contributed by atoms with Crippen LogP contribution in [0.4, 0.5) is 5.69 Å². The van der Waals surface area contributed by atoms with Crippen molar-refractivity contribution in [2.24, 2.45) is 11.7 Å². The quantitative estimate of drug-likeness (QED) is 0.766. The number of hydrogen-bond acceptors (Lipinski definition) is 2. The van der Waals surface area contributed by atoms with Crippen molar-refractivity contribution in [2.45, 2.75) is 53.0 Å². The van der Waals surface area contributed by atoms with Crippen LogP contribution in [0.3, 0.4) is 0 Å². The zero-order valence-electron chi connectivity index (χ0n) is 13.3. The molecule has 0 aromatic heterocycles. The molecular formula is C17H29ClN2. The van der Waals surface area contributed by atoms with Crippen molar-refractivity contribution in [2.75, 3.05) is 18.0 Å². The molecule has 0 aliphatic rings. The van der Waals surface area contributed by atoms with Gasteiger partial charge in [0.1, 0.15) is 0 Å². The van der Waals surface area contributed by atoms with E-state index in [-0.39, 0.29) is 6.04 Å². The van der Waals surface area contributed by atoms with Crippen LogP contribution >= 0.6 is 11.6 Å². The van der Waals surface area contributed by atoms with E-state index in [9.17, 15) is 0 Å². The molecule has 1 aromatic rings. The lowest BCUT2D eigenvalue weighted by molar-refractivity contribution is 0.546. The lowest BCUT2D eigenvalue weighted by Gasteiger charge is -2.30. The van der Waals surface area contributed by atoms with Crippen LogP contribution in [0, 0.1) is 5.92 Å². The third-order valence-electron chi connectivity index (χ3n) is 4.00. The van der Waals surface area contributed by atoms with Gasteiger partial charge in [0.25, 0.3) is 0 Å². The summed E-state index contributed by atoms with van der Waals surface area (Å²) in [6, 6.07) is 6.38. The smallest absolute Gasteiger partial charge is 0.0642 e. The van der Waals surface area contributed by atoms with E-state index in [2.05, 4.69) is 38.7 Å². The second-order valence-electron chi connectivity index (χ2n) is 5.67. The van der Waals surface area contributed by atoms with Crippen molar-refractivity contribution in [3.05, 3.63) is 28.8 Å². The van der Waals surface area contributed by atoms with E-state index in [0.29, 0.717) is 5.92 Å². The Bertz CT molecular complexity index is 406. The predicted molar refractivity (Wildman–Crippen MR) is 90.8 cm³/mol. The third-order valence-corrected chi connectivity index (χ3v) is 4.31. The zero-order valence-corrected chi connectivity index (χ0v) is 14.1. The van der Waals surface area contributed by atoms with Crippen molar-refractivity contribution >= 4 is 17.3 Å². The number of halogens is 1. The van der Waals surface area contributed by atoms with E-state index in [1.54, 1.807) is 0 Å². The maximum atomic E-state index is 6.47. The predicted octanol–water partition coefficient (Wildman–Crippen LogP) is 4.49. The minimum atomic E-state index is 0.203. The molecule has 0 spiro atoms. The van der Waals surface area contributed by atoms with Gasteiger partial charge in [-0.15, -0.1) is 0 Å². The van der Waals surface area contributed by atoms with Crippen LogP contribution in [0.1, 0.15) is 46.1 Å². The number of anilines is 1. The maximum Gasteiger partial charge on any atom is 0.0642 e. The molecule has 0 heterocycles. The second-order valence-corrected chi connectivity index (χ2v) is 6.08. The Morgan fingerprint density at radius 2 is 1.90 bits per heavy atom. The number of hydrogen-bond donors (Lipinski definition) is 1. The summed E-state index contributed by atoms with van der Waals surface area (Å²) < 4.78 is 0. The summed E-state index contributed by atoms with van der Waals surface area (Å²) in [5.74, 6) is 0.666. The van der Waals surface area contributed by atoms with Crippen molar-refractivity contribution < 1.29 is 0 Å². The zero-order chi connectivity index (χ0) is 15.1. The highest BCUT2D eigenvalue weighted by atomic mass is 35.5. The fourth-order valence-corrected chi connectivity index (χ4v) is 2.70. The van der Waals surface area contributed by atoms with E-state index < -0.39 is 0 Å². The summed E-state index contributed by atoms with van der Waals surface area (Å²) in [4.78, 5) is 2.40. The van der Waals surface area contributed by atoms with Gasteiger partial charge in [-0.1, -0.05) is 50.9 Å². The van der Waals surface area contributed by atoms with Gasteiger partial charge in [0.05, 0.1) is 10.7 Å². The fourth-order valence-electron chi connectivity index (χ4n) is 2.39. The molecule has 0 radical (unpaired) electrons. The standard InChI is InChI=1S/C17H29ClN2/c1-5-13(4)12-20(7-3)17-14(11-15(19)6-2)9-8-10-16(17)18/h8-10,13,15H,5-7,11-12,19H2,1-4H3. The highest BCUT2D eigenvalue weighted by Gasteiger charge is 2.16. The van der Waals surface area contributed by atoms with Gasteiger partial charge in [-0.2, -0.15) is 0 Å². The Labute approximate surface area is 129 Å². The molecule has 0 amide bonds. The Balaban J connectivity index is 3.05. The van der Waals surface area contributed by atoms with E-state index >= 15 is 0 Å². The molecule has 0 saturated carbocycles. The molecule has 1 rings (SSSR count). The number of nitrogens with zero attached hydrogens (tertiary/aromatic N) is 1. The maximum absolute atomic E-state index is 6.47. The molecule has 114 valence electrons. The lowest BCUT2D eigenvalue weighted by Crippen LogP contribution is -2.30. The summed E-state index contributed by atoms with van der Waals surface area (Å²) >= 11 is 6.47. The summed E-state index contributed by atoms with van der Waals surface area (Å²) in [5.41, 5.74) is 8.59. The van der Waals surface area contributed by atoms with Crippen molar-refractivity contribution in [3.8, 4) is 0 Å². The molecule has 1 aromatic carbocycles. The van der Waals surface area contributed by atoms with E-state index in [0.717, 1.165) is 31.0 Å². The third kappa shape index (κ3) is 4.68. The molecule has 0 saturated heterocycles. The normalized spacial score (nSPS) is 14.1. The summed E-state index contributed by atoms with van der Waals surface area (Å²) in [6.07, 6.45) is 3.07. The van der Waals surface area contributed by atoms with Crippen LogP contribution in [-0.4, -0.2) is 19.1 Å². The topological polar surface area (TPSA) is 29.3 Å². The first-order chi connectivity index (χ1) is 9.53. The van der Waals surface area contributed by atoms with Crippen LogP contribution in [-0.2, 0) is 6.42 Å². The van der Waals surface area contributed by atoms with Gasteiger partial charge in [-0.3, -0.25) is 0 Å². The molecule has 0 fully saturated rings. The summed E-state index contributed by atoms with van der Waals surface area (Å²) in [5, 5.41) is 0.843. The van der Waals surface area contributed by atoms with Gasteiger partial charge in [0.2, 0.25) is 0 Å². The number of nitrogens with two attached hydrogens (primary N) is 1. The molecular weight excluding hydrogens is 268 g/mol. The molecule has 2 N–H and O–H groups in total. The van der Waals surface area contributed by atoms with Gasteiger partial charge in [-0.05, 0) is 37.3 Å². The van der Waals surface area contributed by atoms with Gasteiger partial charge in [0, 0.05) is 19.1 Å². The van der Waals surface area contributed by atoms with Crippen LogP contribution in [0.5, 0.6) is 0 Å². The molecule has 2 unspecified atom stereocenters. The van der Waals surface area contributed by atoms with Crippen molar-refractivity contribution in [1.29, 1.82) is 0 Å². The molecule has 0 aliphatic heterocycles. The minimum Gasteiger partial charge on any atom is -0.370 e. The largest absolute Gasteiger partial charge is 0.370 e. The Morgan fingerprint density at radius 3 is 2.45 bits per heavy atom. The van der Waals surface area contributed by atoms with Crippen LogP contribution in [0.15, 0.2) is 18.2 Å². The highest BCUT2D eigenvalue weighted by molar-refractivity contribution is 6.33. The van der Waals surface area contributed by atoms with Gasteiger partial charge in [0.15, 0.2) is 0 Å². The van der Waals surface area contributed by atoms with E-state index in [1.807, 2.05) is 12.1 Å². The molecule has 2 nitrogen and oxygen atoms in total. The van der Waals surface area contributed by atoms with Gasteiger partial charge in [-0.25, -0.2) is 0 Å². The first-order valence-corrected chi connectivity index (χ1v) is 8.19. The Hall–Kier alpha value is -0.730. The highest BCUT2D eigenvalue weighted by Crippen LogP contribution is 2.31. The summed E-state index contributed by atoms with van der Waals surface area (Å²) in [7, 11) is 0. The molecule has 0 bridgehead atoms. The van der Waals surface area contributed by atoms with E-state index in [4.69, 9.17) is 17.3 Å². The lowest BCUT2D eigenvalue weighted by atomic mass is 10.0. The molecule has 2 atom stereocenters. The molecule has 20 heavy (non-hydrogen) atoms. The minimum absolute atomic E-state index is 0.203. The Morgan fingerprint density at radius 1 is 1.20 bits per heavy atom.